The van der Waals surface area contributed by atoms with Crippen molar-refractivity contribution in [3.63, 3.8) is 0 Å². The summed E-state index contributed by atoms with van der Waals surface area (Å²) in [6.45, 7) is 0. The van der Waals surface area contributed by atoms with Crippen LogP contribution in [-0.4, -0.2) is 15.1 Å². The molecule has 0 bridgehead atoms. The molecular weight excluding hydrogens is 298 g/mol. The molecule has 0 atom stereocenters. The Kier molecular flexibility index (Phi) is 4.29. The van der Waals surface area contributed by atoms with Crippen molar-refractivity contribution in [3.05, 3.63) is 46.0 Å². The summed E-state index contributed by atoms with van der Waals surface area (Å²) in [5.41, 5.74) is 6.18. The number of non-ortho nitro benzene ring substituents is 1. The number of benzene rings is 1. The van der Waals surface area contributed by atoms with Gasteiger partial charge in [-0.2, -0.15) is 5.26 Å². The number of anilines is 1. The van der Waals surface area contributed by atoms with E-state index in [0.29, 0.717) is 19.9 Å². The summed E-state index contributed by atoms with van der Waals surface area (Å²) in [4.78, 5) is 10.8. The van der Waals surface area contributed by atoms with Crippen molar-refractivity contribution in [2.75, 3.05) is 5.73 Å². The van der Waals surface area contributed by atoms with Crippen LogP contribution < -0.4 is 5.73 Å². The summed E-state index contributed by atoms with van der Waals surface area (Å²) in [6.07, 6.45) is 1.35. The number of allylic oxidation sites excluding steroid dienone is 1. The van der Waals surface area contributed by atoms with Gasteiger partial charge in [0.2, 0.25) is 5.13 Å². The normalized spacial score (nSPS) is 11.1. The highest BCUT2D eigenvalue weighted by Crippen LogP contribution is 2.36. The molecule has 1 heterocycles. The predicted octanol–water partition coefficient (Wildman–Crippen LogP) is 2.69. The fourth-order valence-electron chi connectivity index (χ4n) is 1.33. The molecule has 1 aromatic heterocycles. The predicted molar refractivity (Wildman–Crippen MR) is 76.9 cm³/mol. The Balaban J connectivity index is 2.27. The summed E-state index contributed by atoms with van der Waals surface area (Å²) in [7, 11) is 0. The number of nitro groups is 1. The van der Waals surface area contributed by atoms with Crippen LogP contribution in [-0.2, 0) is 0 Å². The van der Waals surface area contributed by atoms with Crippen molar-refractivity contribution in [3.8, 4) is 6.07 Å². The zero-order valence-electron chi connectivity index (χ0n) is 9.89. The summed E-state index contributed by atoms with van der Waals surface area (Å²) < 4.78 is 0.599. The molecule has 0 saturated heterocycles. The van der Waals surface area contributed by atoms with E-state index in [1.165, 1.54) is 41.3 Å². The molecule has 2 N–H and O–H groups in total. The largest absolute Gasteiger partial charge is 0.374 e. The van der Waals surface area contributed by atoms with Crippen molar-refractivity contribution in [2.24, 2.45) is 0 Å². The quantitative estimate of drug-likeness (QED) is 0.399. The highest BCUT2D eigenvalue weighted by Gasteiger charge is 2.11. The fraction of sp³-hybridized carbons (Fsp3) is 0. The molecular formula is C11H7N5O2S2. The molecule has 0 amide bonds. The van der Waals surface area contributed by atoms with Crippen molar-refractivity contribution in [1.82, 2.24) is 10.2 Å². The van der Waals surface area contributed by atoms with E-state index in [1.54, 1.807) is 12.1 Å². The number of aromatic nitrogens is 2. The molecule has 0 aliphatic rings. The second-order valence-corrected chi connectivity index (χ2v) is 5.75. The van der Waals surface area contributed by atoms with Gasteiger partial charge < -0.3 is 5.73 Å². The van der Waals surface area contributed by atoms with Gasteiger partial charge in [0.25, 0.3) is 5.69 Å². The third kappa shape index (κ3) is 3.31. The smallest absolute Gasteiger partial charge is 0.269 e. The summed E-state index contributed by atoms with van der Waals surface area (Å²) in [5, 5.41) is 27.3. The molecule has 0 radical (unpaired) electrons. The number of rotatable bonds is 4. The topological polar surface area (TPSA) is 119 Å². The van der Waals surface area contributed by atoms with Gasteiger partial charge in [0.15, 0.2) is 4.34 Å². The van der Waals surface area contributed by atoms with Gasteiger partial charge in [-0.15, -0.1) is 10.2 Å². The van der Waals surface area contributed by atoms with Gasteiger partial charge in [0, 0.05) is 23.1 Å². The molecule has 100 valence electrons. The van der Waals surface area contributed by atoms with Gasteiger partial charge in [-0.3, -0.25) is 10.1 Å². The molecule has 0 aliphatic carbocycles. The second-order valence-electron chi connectivity index (χ2n) is 3.45. The summed E-state index contributed by atoms with van der Waals surface area (Å²) in [6, 6.07) is 7.87. The van der Waals surface area contributed by atoms with Crippen LogP contribution >= 0.6 is 23.1 Å². The maximum absolute atomic E-state index is 10.6. The van der Waals surface area contributed by atoms with E-state index in [4.69, 9.17) is 11.0 Å². The SMILES string of the molecule is N#C/C=C(\Sc1nnc(N)s1)c1ccc([N+](=O)[O-])cc1. The molecule has 9 heteroatoms. The van der Waals surface area contributed by atoms with E-state index in [0.717, 1.165) is 0 Å². The van der Waals surface area contributed by atoms with E-state index in [9.17, 15) is 10.1 Å². The Hall–Kier alpha value is -2.44. The maximum atomic E-state index is 10.6. The van der Waals surface area contributed by atoms with Gasteiger partial charge in [-0.1, -0.05) is 23.1 Å². The fourth-order valence-corrected chi connectivity index (χ4v) is 3.00. The highest BCUT2D eigenvalue weighted by molar-refractivity contribution is 8.09. The Morgan fingerprint density at radius 2 is 2.15 bits per heavy atom. The van der Waals surface area contributed by atoms with E-state index < -0.39 is 4.92 Å². The number of nitro benzene ring substituents is 1. The lowest BCUT2D eigenvalue weighted by Crippen LogP contribution is -1.88. The molecule has 7 nitrogen and oxygen atoms in total. The molecule has 2 aromatic rings. The standard InChI is InChI=1S/C11H7N5O2S2/c12-6-5-9(19-11-15-14-10(13)20-11)7-1-3-8(4-2-7)16(17)18/h1-5H,(H2,13,14)/b9-5-. The molecule has 0 aliphatic heterocycles. The Morgan fingerprint density at radius 1 is 1.45 bits per heavy atom. The van der Waals surface area contributed by atoms with Crippen LogP contribution in [0, 0.1) is 21.4 Å². The first-order chi connectivity index (χ1) is 9.60. The van der Waals surface area contributed by atoms with Crippen LogP contribution in [0.5, 0.6) is 0 Å². The minimum absolute atomic E-state index is 0.00443. The number of nitrogens with zero attached hydrogens (tertiary/aromatic N) is 4. The number of hydrogen-bond donors (Lipinski definition) is 1. The van der Waals surface area contributed by atoms with Gasteiger partial charge in [-0.05, 0) is 17.7 Å². The van der Waals surface area contributed by atoms with Gasteiger partial charge in [0.05, 0.1) is 11.0 Å². The number of thioether (sulfide) groups is 1. The van der Waals surface area contributed by atoms with Crippen LogP contribution in [0.3, 0.4) is 0 Å². The number of nitrogen functional groups attached to an aromatic ring is 1. The molecule has 0 saturated carbocycles. The van der Waals surface area contributed by atoms with Crippen molar-refractivity contribution in [1.29, 1.82) is 5.26 Å². The van der Waals surface area contributed by atoms with Crippen molar-refractivity contribution in [2.45, 2.75) is 4.34 Å². The third-order valence-corrected chi connectivity index (χ3v) is 4.05. The monoisotopic (exact) mass is 305 g/mol. The second kappa shape index (κ2) is 6.14. The van der Waals surface area contributed by atoms with Crippen LogP contribution in [0.2, 0.25) is 0 Å². The lowest BCUT2D eigenvalue weighted by Gasteiger charge is -2.03. The minimum atomic E-state index is -0.476. The van der Waals surface area contributed by atoms with Crippen molar-refractivity contribution < 1.29 is 4.92 Å². The molecule has 1 aromatic carbocycles. The van der Waals surface area contributed by atoms with Gasteiger partial charge in [-0.25, -0.2) is 0 Å². The number of hydrogen-bond acceptors (Lipinski definition) is 8. The average Bonchev–Trinajstić information content (AvgIpc) is 2.84. The van der Waals surface area contributed by atoms with E-state index in [-0.39, 0.29) is 5.69 Å². The first-order valence-corrected chi connectivity index (χ1v) is 6.85. The molecule has 0 unspecified atom stereocenters. The number of nitriles is 1. The Bertz CT molecular complexity index is 702. The molecule has 2 rings (SSSR count). The maximum Gasteiger partial charge on any atom is 0.269 e. The van der Waals surface area contributed by atoms with E-state index in [1.807, 2.05) is 6.07 Å². The Morgan fingerprint density at radius 3 is 2.65 bits per heavy atom. The number of nitrogens with two attached hydrogens (primary N) is 1. The first kappa shape index (κ1) is 14.0. The molecule has 0 fully saturated rings. The Labute approximate surface area is 121 Å². The molecule has 0 spiro atoms. The highest BCUT2D eigenvalue weighted by atomic mass is 32.2. The van der Waals surface area contributed by atoms with Crippen LogP contribution in [0.15, 0.2) is 34.7 Å². The lowest BCUT2D eigenvalue weighted by atomic mass is 10.2. The van der Waals surface area contributed by atoms with Crippen LogP contribution in [0.25, 0.3) is 4.91 Å². The van der Waals surface area contributed by atoms with Crippen LogP contribution in [0.4, 0.5) is 10.8 Å². The van der Waals surface area contributed by atoms with E-state index >= 15 is 0 Å². The summed E-state index contributed by atoms with van der Waals surface area (Å²) >= 11 is 2.44. The lowest BCUT2D eigenvalue weighted by molar-refractivity contribution is -0.384. The average molecular weight is 305 g/mol. The summed E-state index contributed by atoms with van der Waals surface area (Å²) in [5.74, 6) is 0. The van der Waals surface area contributed by atoms with Gasteiger partial charge in [0.1, 0.15) is 0 Å². The van der Waals surface area contributed by atoms with E-state index in [2.05, 4.69) is 10.2 Å². The van der Waals surface area contributed by atoms with Gasteiger partial charge >= 0.3 is 0 Å². The zero-order valence-corrected chi connectivity index (χ0v) is 11.5. The molecule has 20 heavy (non-hydrogen) atoms. The third-order valence-electron chi connectivity index (χ3n) is 2.18. The van der Waals surface area contributed by atoms with Crippen LogP contribution in [0.1, 0.15) is 5.56 Å². The first-order valence-electron chi connectivity index (χ1n) is 5.21. The minimum Gasteiger partial charge on any atom is -0.374 e. The zero-order chi connectivity index (χ0) is 14.5. The van der Waals surface area contributed by atoms with Crippen molar-refractivity contribution >= 4 is 38.8 Å².